The maximum Gasteiger partial charge on any atom is 0.294 e. The monoisotopic (exact) mass is 246 g/mol. The zero-order valence-corrected chi connectivity index (χ0v) is 9.86. The predicted octanol–water partition coefficient (Wildman–Crippen LogP) is 1.48. The number of carbonyl (C=O) groups is 1. The highest BCUT2D eigenvalue weighted by Crippen LogP contribution is 2.25. The number of hydrogen-bond acceptors (Lipinski definition) is 4. The SMILES string of the molecule is O=C(Nc1ccc2c(c1)CCN2)C1=COCCO1. The van der Waals surface area contributed by atoms with Crippen LogP contribution in [0.2, 0.25) is 0 Å². The van der Waals surface area contributed by atoms with Gasteiger partial charge in [-0.2, -0.15) is 0 Å². The fourth-order valence-electron chi connectivity index (χ4n) is 2.06. The first kappa shape index (κ1) is 11.0. The second-order valence-corrected chi connectivity index (χ2v) is 4.20. The van der Waals surface area contributed by atoms with E-state index in [-0.39, 0.29) is 11.7 Å². The fourth-order valence-corrected chi connectivity index (χ4v) is 2.06. The van der Waals surface area contributed by atoms with E-state index in [0.717, 1.165) is 24.3 Å². The third-order valence-electron chi connectivity index (χ3n) is 2.95. The van der Waals surface area contributed by atoms with Crippen molar-refractivity contribution in [2.24, 2.45) is 0 Å². The summed E-state index contributed by atoms with van der Waals surface area (Å²) < 4.78 is 10.3. The molecular weight excluding hydrogens is 232 g/mol. The molecule has 0 saturated carbocycles. The van der Waals surface area contributed by atoms with E-state index >= 15 is 0 Å². The first-order valence-corrected chi connectivity index (χ1v) is 5.96. The number of nitrogens with one attached hydrogen (secondary N) is 2. The number of amides is 1. The molecule has 0 aromatic heterocycles. The van der Waals surface area contributed by atoms with Gasteiger partial charge in [-0.3, -0.25) is 4.79 Å². The molecule has 1 amide bonds. The van der Waals surface area contributed by atoms with Crippen molar-refractivity contribution in [2.45, 2.75) is 6.42 Å². The third-order valence-corrected chi connectivity index (χ3v) is 2.95. The summed E-state index contributed by atoms with van der Waals surface area (Å²) in [5, 5.41) is 6.08. The lowest BCUT2D eigenvalue weighted by molar-refractivity contribution is -0.117. The normalized spacial score (nSPS) is 16.8. The van der Waals surface area contributed by atoms with E-state index in [9.17, 15) is 4.79 Å². The Hall–Kier alpha value is -2.17. The molecule has 18 heavy (non-hydrogen) atoms. The minimum Gasteiger partial charge on any atom is -0.494 e. The number of benzene rings is 1. The number of hydrogen-bond donors (Lipinski definition) is 2. The molecule has 0 spiro atoms. The van der Waals surface area contributed by atoms with Gasteiger partial charge in [0.1, 0.15) is 19.5 Å². The average molecular weight is 246 g/mol. The molecule has 0 saturated heterocycles. The number of fused-ring (bicyclic) bond motifs is 1. The smallest absolute Gasteiger partial charge is 0.294 e. The van der Waals surface area contributed by atoms with E-state index in [0.29, 0.717) is 13.2 Å². The third kappa shape index (κ3) is 2.11. The van der Waals surface area contributed by atoms with Crippen LogP contribution in [0.25, 0.3) is 0 Å². The molecule has 1 aromatic carbocycles. The number of anilines is 2. The molecule has 0 aliphatic carbocycles. The Kier molecular flexibility index (Phi) is 2.80. The maximum atomic E-state index is 11.9. The Bertz CT molecular complexity index is 511. The first-order chi connectivity index (χ1) is 8.83. The van der Waals surface area contributed by atoms with Crippen LogP contribution < -0.4 is 10.6 Å². The number of ether oxygens (including phenoxy) is 2. The Morgan fingerprint density at radius 3 is 3.11 bits per heavy atom. The van der Waals surface area contributed by atoms with E-state index in [1.54, 1.807) is 0 Å². The molecule has 94 valence electrons. The first-order valence-electron chi connectivity index (χ1n) is 5.96. The summed E-state index contributed by atoms with van der Waals surface area (Å²) in [4.78, 5) is 11.9. The van der Waals surface area contributed by atoms with Crippen molar-refractivity contribution in [2.75, 3.05) is 30.4 Å². The minimum absolute atomic E-state index is 0.222. The van der Waals surface area contributed by atoms with E-state index in [1.165, 1.54) is 11.8 Å². The second kappa shape index (κ2) is 4.60. The molecule has 5 heteroatoms. The van der Waals surface area contributed by atoms with Gasteiger partial charge >= 0.3 is 0 Å². The van der Waals surface area contributed by atoms with Gasteiger partial charge in [0.25, 0.3) is 5.91 Å². The lowest BCUT2D eigenvalue weighted by Crippen LogP contribution is -2.21. The molecule has 2 N–H and O–H groups in total. The average Bonchev–Trinajstić information content (AvgIpc) is 2.87. The number of carbonyl (C=O) groups excluding carboxylic acids is 1. The van der Waals surface area contributed by atoms with Crippen molar-refractivity contribution in [3.63, 3.8) is 0 Å². The molecule has 3 rings (SSSR count). The molecule has 2 heterocycles. The zero-order chi connectivity index (χ0) is 12.4. The van der Waals surface area contributed by atoms with E-state index in [4.69, 9.17) is 9.47 Å². The van der Waals surface area contributed by atoms with Crippen LogP contribution in [0.15, 0.2) is 30.2 Å². The highest BCUT2D eigenvalue weighted by molar-refractivity contribution is 6.02. The zero-order valence-electron chi connectivity index (χ0n) is 9.86. The van der Waals surface area contributed by atoms with Crippen LogP contribution >= 0.6 is 0 Å². The van der Waals surface area contributed by atoms with Gasteiger partial charge in [-0.25, -0.2) is 0 Å². The van der Waals surface area contributed by atoms with Gasteiger partial charge in [0, 0.05) is 17.9 Å². The lowest BCUT2D eigenvalue weighted by Gasteiger charge is -2.15. The Labute approximate surface area is 105 Å². The quantitative estimate of drug-likeness (QED) is 0.830. The summed E-state index contributed by atoms with van der Waals surface area (Å²) in [5.41, 5.74) is 3.14. The van der Waals surface area contributed by atoms with Crippen LogP contribution in [0.1, 0.15) is 5.56 Å². The van der Waals surface area contributed by atoms with Gasteiger partial charge in [0.2, 0.25) is 5.76 Å². The van der Waals surface area contributed by atoms with E-state index < -0.39 is 0 Å². The Balaban J connectivity index is 1.72. The summed E-state index contributed by atoms with van der Waals surface area (Å²) in [6, 6.07) is 5.83. The van der Waals surface area contributed by atoms with Gasteiger partial charge in [0.15, 0.2) is 0 Å². The maximum absolute atomic E-state index is 11.9. The van der Waals surface area contributed by atoms with Crippen molar-refractivity contribution in [1.82, 2.24) is 0 Å². The van der Waals surface area contributed by atoms with Gasteiger partial charge in [0.05, 0.1) is 0 Å². The van der Waals surface area contributed by atoms with Crippen LogP contribution in [0.4, 0.5) is 11.4 Å². The van der Waals surface area contributed by atoms with Crippen LogP contribution in [-0.4, -0.2) is 25.7 Å². The van der Waals surface area contributed by atoms with Crippen molar-refractivity contribution in [3.8, 4) is 0 Å². The highest BCUT2D eigenvalue weighted by atomic mass is 16.6. The molecule has 2 aliphatic rings. The standard InChI is InChI=1S/C13H14N2O3/c16-13(12-8-17-5-6-18-12)15-10-1-2-11-9(7-10)3-4-14-11/h1-2,7-8,14H,3-6H2,(H,15,16). The molecule has 0 fully saturated rings. The van der Waals surface area contributed by atoms with E-state index in [2.05, 4.69) is 10.6 Å². The molecule has 1 aromatic rings. The largest absolute Gasteiger partial charge is 0.494 e. The Morgan fingerprint density at radius 2 is 2.28 bits per heavy atom. The van der Waals surface area contributed by atoms with Crippen molar-refractivity contribution in [3.05, 3.63) is 35.8 Å². The van der Waals surface area contributed by atoms with Crippen LogP contribution in [-0.2, 0) is 20.7 Å². The summed E-state index contributed by atoms with van der Waals surface area (Å²) in [6.45, 7) is 1.85. The molecule has 5 nitrogen and oxygen atoms in total. The van der Waals surface area contributed by atoms with Crippen LogP contribution in [0.3, 0.4) is 0 Å². The van der Waals surface area contributed by atoms with Crippen LogP contribution in [0, 0.1) is 0 Å². The minimum atomic E-state index is -0.277. The second-order valence-electron chi connectivity index (χ2n) is 4.20. The summed E-state index contributed by atoms with van der Waals surface area (Å²) in [5.74, 6) is -0.0551. The van der Waals surface area contributed by atoms with Gasteiger partial charge < -0.3 is 20.1 Å². The summed E-state index contributed by atoms with van der Waals surface area (Å²) >= 11 is 0. The summed E-state index contributed by atoms with van der Waals surface area (Å²) in [7, 11) is 0. The lowest BCUT2D eigenvalue weighted by atomic mass is 10.1. The summed E-state index contributed by atoms with van der Waals surface area (Å²) in [6.07, 6.45) is 2.34. The molecule has 0 atom stereocenters. The fraction of sp³-hybridized carbons (Fsp3) is 0.308. The van der Waals surface area contributed by atoms with Gasteiger partial charge in [-0.1, -0.05) is 0 Å². The van der Waals surface area contributed by atoms with Crippen molar-refractivity contribution in [1.29, 1.82) is 0 Å². The van der Waals surface area contributed by atoms with Crippen LogP contribution in [0.5, 0.6) is 0 Å². The topological polar surface area (TPSA) is 59.6 Å². The Morgan fingerprint density at radius 1 is 1.33 bits per heavy atom. The predicted molar refractivity (Wildman–Crippen MR) is 67.3 cm³/mol. The highest BCUT2D eigenvalue weighted by Gasteiger charge is 2.16. The molecule has 2 aliphatic heterocycles. The van der Waals surface area contributed by atoms with Gasteiger partial charge in [-0.15, -0.1) is 0 Å². The number of rotatable bonds is 2. The van der Waals surface area contributed by atoms with Crippen molar-refractivity contribution < 1.29 is 14.3 Å². The van der Waals surface area contributed by atoms with Gasteiger partial charge in [-0.05, 0) is 30.2 Å². The molecular formula is C13H14N2O3. The molecule has 0 unspecified atom stereocenters. The molecule has 0 radical (unpaired) electrons. The molecule has 0 bridgehead atoms. The van der Waals surface area contributed by atoms with Crippen molar-refractivity contribution >= 4 is 17.3 Å². The van der Waals surface area contributed by atoms with E-state index in [1.807, 2.05) is 18.2 Å².